The van der Waals surface area contributed by atoms with Crippen molar-refractivity contribution in [2.24, 2.45) is 0 Å². The highest BCUT2D eigenvalue weighted by Gasteiger charge is 2.35. The number of hydrogen-bond donors (Lipinski definition) is 0. The van der Waals surface area contributed by atoms with Crippen LogP contribution in [0.2, 0.25) is 0 Å². The topological polar surface area (TPSA) is 51.9 Å². The summed E-state index contributed by atoms with van der Waals surface area (Å²) < 4.78 is 16.8. The number of hydrogen-bond acceptors (Lipinski definition) is 4. The molecule has 128 valence electrons. The molecule has 2 heterocycles. The predicted octanol–water partition coefficient (Wildman–Crippen LogP) is 4.24. The Morgan fingerprint density at radius 1 is 1.25 bits per heavy atom. The molecule has 0 N–H and O–H groups in total. The smallest absolute Gasteiger partial charge is 0.415 e. The highest BCUT2D eigenvalue weighted by Crippen LogP contribution is 2.29. The molecular formula is C19H23NO4. The molecule has 3 rings (SSSR count). The van der Waals surface area contributed by atoms with Gasteiger partial charge in [0.05, 0.1) is 18.4 Å². The average molecular weight is 329 g/mol. The molecule has 0 unspecified atom stereocenters. The van der Waals surface area contributed by atoms with Gasteiger partial charge in [-0.3, -0.25) is 4.90 Å². The Bertz CT molecular complexity index is 651. The van der Waals surface area contributed by atoms with Gasteiger partial charge in [-0.05, 0) is 51.0 Å². The lowest BCUT2D eigenvalue weighted by Gasteiger charge is -2.40. The molecule has 1 aromatic heterocycles. The number of para-hydroxylation sites is 1. The Morgan fingerprint density at radius 3 is 2.71 bits per heavy atom. The second kappa shape index (κ2) is 7.09. The number of nitrogens with zero attached hydrogens (tertiary/aromatic N) is 1. The van der Waals surface area contributed by atoms with Crippen LogP contribution < -0.4 is 4.74 Å². The standard InChI is InChI=1S/C19H23NO4/c1-19(2)13-15(10-12-23-19)20(14-17-9-6-11-22-17)18(21)24-16-7-4-3-5-8-16/h3-9,11,15H,10,12-14H2,1-2H3/t15-/m1/s1. The normalized spacial score (nSPS) is 19.7. The molecule has 1 fully saturated rings. The van der Waals surface area contributed by atoms with E-state index >= 15 is 0 Å². The third-order valence-electron chi connectivity index (χ3n) is 4.20. The number of carbonyl (C=O) groups excluding carboxylic acids is 1. The summed E-state index contributed by atoms with van der Waals surface area (Å²) >= 11 is 0. The van der Waals surface area contributed by atoms with E-state index in [-0.39, 0.29) is 17.7 Å². The highest BCUT2D eigenvalue weighted by atomic mass is 16.6. The van der Waals surface area contributed by atoms with Gasteiger partial charge < -0.3 is 13.9 Å². The first-order valence-electron chi connectivity index (χ1n) is 8.23. The molecule has 0 saturated carbocycles. The minimum absolute atomic E-state index is 0.0510. The van der Waals surface area contributed by atoms with Crippen molar-refractivity contribution in [1.82, 2.24) is 4.90 Å². The van der Waals surface area contributed by atoms with Crippen molar-refractivity contribution in [2.45, 2.75) is 44.9 Å². The number of amides is 1. The Balaban J connectivity index is 1.77. The lowest BCUT2D eigenvalue weighted by atomic mass is 9.93. The van der Waals surface area contributed by atoms with E-state index in [9.17, 15) is 4.79 Å². The van der Waals surface area contributed by atoms with Gasteiger partial charge in [0.2, 0.25) is 0 Å². The second-order valence-electron chi connectivity index (χ2n) is 6.64. The summed E-state index contributed by atoms with van der Waals surface area (Å²) in [5.74, 6) is 1.28. The molecule has 0 aliphatic carbocycles. The molecule has 5 heteroatoms. The van der Waals surface area contributed by atoms with Crippen LogP contribution in [-0.4, -0.2) is 29.2 Å². The third-order valence-corrected chi connectivity index (χ3v) is 4.20. The fourth-order valence-corrected chi connectivity index (χ4v) is 3.03. The van der Waals surface area contributed by atoms with Crippen molar-refractivity contribution in [3.8, 4) is 5.75 Å². The summed E-state index contributed by atoms with van der Waals surface area (Å²) in [5.41, 5.74) is -0.253. The summed E-state index contributed by atoms with van der Waals surface area (Å²) in [6.45, 7) is 5.11. The molecule has 2 aromatic rings. The fraction of sp³-hybridized carbons (Fsp3) is 0.421. The van der Waals surface area contributed by atoms with Crippen molar-refractivity contribution in [3.05, 3.63) is 54.5 Å². The number of furan rings is 1. The molecule has 24 heavy (non-hydrogen) atoms. The molecule has 0 spiro atoms. The number of rotatable bonds is 4. The molecule has 1 atom stereocenters. The van der Waals surface area contributed by atoms with Gasteiger partial charge in [-0.15, -0.1) is 0 Å². The maximum Gasteiger partial charge on any atom is 0.415 e. The molecule has 1 aromatic carbocycles. The molecule has 5 nitrogen and oxygen atoms in total. The molecule has 0 radical (unpaired) electrons. The summed E-state index contributed by atoms with van der Waals surface area (Å²) in [7, 11) is 0. The summed E-state index contributed by atoms with van der Waals surface area (Å²) in [6, 6.07) is 12.9. The minimum atomic E-state index is -0.361. The minimum Gasteiger partial charge on any atom is -0.467 e. The van der Waals surface area contributed by atoms with Crippen LogP contribution in [0.3, 0.4) is 0 Å². The SMILES string of the molecule is CC1(C)C[C@H](N(Cc2ccco2)C(=O)Oc2ccccc2)CCO1. The Hall–Kier alpha value is -2.27. The Kier molecular flexibility index (Phi) is 4.90. The van der Waals surface area contributed by atoms with E-state index in [1.54, 1.807) is 23.3 Å². The van der Waals surface area contributed by atoms with Crippen molar-refractivity contribution in [2.75, 3.05) is 6.61 Å². The van der Waals surface area contributed by atoms with Crippen LogP contribution in [0.15, 0.2) is 53.1 Å². The van der Waals surface area contributed by atoms with Crippen molar-refractivity contribution >= 4 is 6.09 Å². The Morgan fingerprint density at radius 2 is 2.04 bits per heavy atom. The van der Waals surface area contributed by atoms with Crippen molar-refractivity contribution < 1.29 is 18.7 Å². The molecule has 1 aliphatic rings. The number of ether oxygens (including phenoxy) is 2. The number of benzene rings is 1. The van der Waals surface area contributed by atoms with Gasteiger partial charge >= 0.3 is 6.09 Å². The van der Waals surface area contributed by atoms with Gasteiger partial charge in [0, 0.05) is 12.6 Å². The molecular weight excluding hydrogens is 306 g/mol. The van der Waals surface area contributed by atoms with Crippen LogP contribution in [0, 0.1) is 0 Å². The lowest BCUT2D eigenvalue weighted by Crippen LogP contribution is -2.49. The molecule has 1 saturated heterocycles. The number of carbonyl (C=O) groups is 1. The zero-order valence-corrected chi connectivity index (χ0v) is 14.1. The van der Waals surface area contributed by atoms with E-state index in [1.807, 2.05) is 44.2 Å². The summed E-state index contributed by atoms with van der Waals surface area (Å²) in [5, 5.41) is 0. The van der Waals surface area contributed by atoms with E-state index in [2.05, 4.69) is 0 Å². The maximum absolute atomic E-state index is 12.8. The van der Waals surface area contributed by atoms with Crippen LogP contribution in [0.25, 0.3) is 0 Å². The zero-order chi connectivity index (χ0) is 17.0. The van der Waals surface area contributed by atoms with Gasteiger partial charge in [-0.25, -0.2) is 4.79 Å². The quantitative estimate of drug-likeness (QED) is 0.842. The third kappa shape index (κ3) is 4.17. The predicted molar refractivity (Wildman–Crippen MR) is 89.8 cm³/mol. The van der Waals surface area contributed by atoms with Gasteiger partial charge in [-0.2, -0.15) is 0 Å². The van der Waals surface area contributed by atoms with Crippen LogP contribution >= 0.6 is 0 Å². The van der Waals surface area contributed by atoms with Gasteiger partial charge in [0.15, 0.2) is 0 Å². The largest absolute Gasteiger partial charge is 0.467 e. The highest BCUT2D eigenvalue weighted by molar-refractivity contribution is 5.71. The molecule has 0 bridgehead atoms. The van der Waals surface area contributed by atoms with Gasteiger partial charge in [0.25, 0.3) is 0 Å². The first-order valence-corrected chi connectivity index (χ1v) is 8.23. The summed E-state index contributed by atoms with van der Waals surface area (Å²) in [6.07, 6.45) is 2.80. The van der Waals surface area contributed by atoms with E-state index in [4.69, 9.17) is 13.9 Å². The van der Waals surface area contributed by atoms with E-state index in [1.165, 1.54) is 0 Å². The molecule has 1 aliphatic heterocycles. The van der Waals surface area contributed by atoms with Gasteiger partial charge in [0.1, 0.15) is 11.5 Å². The monoisotopic (exact) mass is 329 g/mol. The van der Waals surface area contributed by atoms with Crippen molar-refractivity contribution in [1.29, 1.82) is 0 Å². The second-order valence-corrected chi connectivity index (χ2v) is 6.64. The van der Waals surface area contributed by atoms with Crippen molar-refractivity contribution in [3.63, 3.8) is 0 Å². The zero-order valence-electron chi connectivity index (χ0n) is 14.1. The van der Waals surface area contributed by atoms with E-state index in [0.717, 1.165) is 18.6 Å². The first kappa shape index (κ1) is 16.6. The van der Waals surface area contributed by atoms with Crippen LogP contribution in [0.4, 0.5) is 4.79 Å². The van der Waals surface area contributed by atoms with E-state index < -0.39 is 0 Å². The average Bonchev–Trinajstić information content (AvgIpc) is 3.05. The summed E-state index contributed by atoms with van der Waals surface area (Å²) in [4.78, 5) is 14.5. The maximum atomic E-state index is 12.8. The van der Waals surface area contributed by atoms with Crippen LogP contribution in [0.5, 0.6) is 5.75 Å². The lowest BCUT2D eigenvalue weighted by molar-refractivity contribution is -0.0803. The van der Waals surface area contributed by atoms with Crippen LogP contribution in [-0.2, 0) is 11.3 Å². The first-order chi connectivity index (χ1) is 11.5. The van der Waals surface area contributed by atoms with Gasteiger partial charge in [-0.1, -0.05) is 18.2 Å². The fourth-order valence-electron chi connectivity index (χ4n) is 3.03. The molecule has 1 amide bonds. The van der Waals surface area contributed by atoms with E-state index in [0.29, 0.717) is 18.9 Å². The Labute approximate surface area is 142 Å². The van der Waals surface area contributed by atoms with Crippen LogP contribution in [0.1, 0.15) is 32.4 Å².